The van der Waals surface area contributed by atoms with E-state index < -0.39 is 34.1 Å². The molecule has 0 aliphatic carbocycles. The van der Waals surface area contributed by atoms with Crippen LogP contribution in [0, 0.1) is 20.2 Å². The van der Waals surface area contributed by atoms with E-state index in [4.69, 9.17) is 0 Å². The van der Waals surface area contributed by atoms with Gasteiger partial charge >= 0.3 is 5.66 Å². The van der Waals surface area contributed by atoms with Gasteiger partial charge in [-0.05, 0) is 0 Å². The average Bonchev–Trinajstić information content (AvgIpc) is 1.80. The molecule has 0 amide bonds. The fourth-order valence-electron chi connectivity index (χ4n) is 0.943. The smallest absolute Gasteiger partial charge is 0.258 e. The molecule has 0 saturated carbocycles. The van der Waals surface area contributed by atoms with Crippen LogP contribution in [0.1, 0.15) is 0 Å². The first kappa shape index (κ1) is 9.67. The summed E-state index contributed by atoms with van der Waals surface area (Å²) in [4.78, 5) is 18.1. The van der Waals surface area contributed by atoms with Crippen molar-refractivity contribution in [3.05, 3.63) is 20.2 Å². The molecule has 1 aliphatic heterocycles. The first-order valence-corrected chi connectivity index (χ1v) is 3.06. The molecule has 0 aromatic heterocycles. The minimum absolute atomic E-state index is 0.200. The minimum atomic E-state index is -2.48. The van der Waals surface area contributed by atoms with Crippen LogP contribution in [0.25, 0.3) is 0 Å². The van der Waals surface area contributed by atoms with Crippen molar-refractivity contribution in [1.29, 1.82) is 0 Å². The molecule has 0 spiro atoms. The third kappa shape index (κ3) is 1.29. The van der Waals surface area contributed by atoms with Crippen molar-refractivity contribution >= 4 is 0 Å². The highest BCUT2D eigenvalue weighted by atomic mass is 19.4. The van der Waals surface area contributed by atoms with Crippen molar-refractivity contribution in [3.63, 3.8) is 0 Å². The van der Waals surface area contributed by atoms with Crippen LogP contribution < -0.4 is 0 Å². The number of nitro groups is 2. The van der Waals surface area contributed by atoms with E-state index in [1.54, 1.807) is 0 Å². The Morgan fingerprint density at radius 2 is 1.62 bits per heavy atom. The molecule has 1 saturated heterocycles. The van der Waals surface area contributed by atoms with Crippen LogP contribution in [0.4, 0.5) is 8.96 Å². The summed E-state index contributed by atoms with van der Waals surface area (Å²) in [6.07, 6.45) is 0. The van der Waals surface area contributed by atoms with Gasteiger partial charge in [0.2, 0.25) is 0 Å². The third-order valence-electron chi connectivity index (χ3n) is 1.76. The molecule has 1 aliphatic rings. The Balaban J connectivity index is 2.69. The number of hydrogen-bond donors (Lipinski definition) is 0. The number of hydrogen-bond acceptors (Lipinski definition) is 6. The SMILES string of the molecule is O=[N+]([O-])C1([N+](=O)[O-])CN(N(F)F)C1. The zero-order valence-electron chi connectivity index (χ0n) is 6.09. The number of rotatable bonds is 3. The van der Waals surface area contributed by atoms with E-state index in [1.807, 2.05) is 0 Å². The van der Waals surface area contributed by atoms with Gasteiger partial charge in [-0.15, -0.1) is 0 Å². The summed E-state index contributed by atoms with van der Waals surface area (Å²) in [5.41, 5.74) is -3.87. The number of halogens is 2. The topological polar surface area (TPSA) is 92.8 Å². The molecule has 0 bridgehead atoms. The van der Waals surface area contributed by atoms with Gasteiger partial charge in [-0.3, -0.25) is 20.2 Å². The number of nitrogens with zero attached hydrogens (tertiary/aromatic N) is 4. The molecule has 0 aromatic rings. The van der Waals surface area contributed by atoms with E-state index in [0.29, 0.717) is 0 Å². The Labute approximate surface area is 69.5 Å². The lowest BCUT2D eigenvalue weighted by molar-refractivity contribution is -0.817. The Morgan fingerprint density at radius 1 is 1.23 bits per heavy atom. The van der Waals surface area contributed by atoms with E-state index in [-0.39, 0.29) is 5.01 Å². The molecule has 8 nitrogen and oxygen atoms in total. The van der Waals surface area contributed by atoms with Crippen LogP contribution in [0.3, 0.4) is 0 Å². The third-order valence-corrected chi connectivity index (χ3v) is 1.76. The van der Waals surface area contributed by atoms with Gasteiger partial charge in [0.05, 0.1) is 5.45 Å². The summed E-state index contributed by atoms with van der Waals surface area (Å²) >= 11 is 0. The molecule has 0 N–H and O–H groups in total. The molecule has 10 heteroatoms. The zero-order chi connectivity index (χ0) is 10.2. The molecular weight excluding hydrogens is 194 g/mol. The highest BCUT2D eigenvalue weighted by Crippen LogP contribution is 2.26. The Bertz CT molecular complexity index is 236. The summed E-state index contributed by atoms with van der Waals surface area (Å²) in [7, 11) is 0. The fraction of sp³-hybridized carbons (Fsp3) is 1.00. The fourth-order valence-corrected chi connectivity index (χ4v) is 0.943. The second-order valence-electron chi connectivity index (χ2n) is 2.53. The predicted molar refractivity (Wildman–Crippen MR) is 32.3 cm³/mol. The number of hydrazine groups is 1. The molecular formula is C3H4F2N4O4. The van der Waals surface area contributed by atoms with E-state index in [9.17, 15) is 29.2 Å². The quantitative estimate of drug-likeness (QED) is 0.263. The minimum Gasteiger partial charge on any atom is -0.258 e. The van der Waals surface area contributed by atoms with Crippen molar-refractivity contribution in [2.75, 3.05) is 13.1 Å². The van der Waals surface area contributed by atoms with Crippen LogP contribution in [-0.4, -0.2) is 39.1 Å². The summed E-state index contributed by atoms with van der Waals surface area (Å²) in [5.74, 6) is 0. The first-order chi connectivity index (χ1) is 5.90. The van der Waals surface area contributed by atoms with Gasteiger partial charge in [0.1, 0.15) is 9.85 Å². The predicted octanol–water partition coefficient (Wildman–Crippen LogP) is -0.462. The highest BCUT2D eigenvalue weighted by molar-refractivity contribution is 4.83. The molecule has 1 rings (SSSR count). The van der Waals surface area contributed by atoms with Gasteiger partial charge in [-0.25, -0.2) is 0 Å². The van der Waals surface area contributed by atoms with Gasteiger partial charge < -0.3 is 0 Å². The summed E-state index contributed by atoms with van der Waals surface area (Å²) < 4.78 is 23.3. The van der Waals surface area contributed by atoms with Crippen molar-refractivity contribution in [1.82, 2.24) is 10.5 Å². The second-order valence-corrected chi connectivity index (χ2v) is 2.53. The van der Waals surface area contributed by atoms with Crippen LogP contribution in [-0.2, 0) is 0 Å². The van der Waals surface area contributed by atoms with Crippen molar-refractivity contribution < 1.29 is 18.8 Å². The monoisotopic (exact) mass is 198 g/mol. The molecule has 0 radical (unpaired) electrons. The van der Waals surface area contributed by atoms with Gasteiger partial charge in [-0.1, -0.05) is 8.96 Å². The maximum atomic E-state index is 11.7. The molecule has 0 unspecified atom stereocenters. The second kappa shape index (κ2) is 2.81. The standard InChI is InChI=1S/C3H4F2N4O4/c4-9(5)6-1-3(2-6,7(10)11)8(12)13/h1-2H2. The Morgan fingerprint density at radius 3 is 1.85 bits per heavy atom. The Kier molecular flexibility index (Phi) is 2.09. The van der Waals surface area contributed by atoms with Gasteiger partial charge in [0.15, 0.2) is 13.1 Å². The van der Waals surface area contributed by atoms with E-state index >= 15 is 0 Å². The molecule has 0 atom stereocenters. The zero-order valence-corrected chi connectivity index (χ0v) is 6.09. The lowest BCUT2D eigenvalue weighted by Crippen LogP contribution is -2.71. The van der Waals surface area contributed by atoms with E-state index in [0.717, 1.165) is 0 Å². The normalized spacial score (nSPS) is 21.2. The largest absolute Gasteiger partial charge is 0.485 e. The molecule has 1 fully saturated rings. The Hall–Kier alpha value is -1.42. The maximum Gasteiger partial charge on any atom is 0.485 e. The summed E-state index contributed by atoms with van der Waals surface area (Å²) in [6.45, 7) is -1.83. The van der Waals surface area contributed by atoms with Gasteiger partial charge in [0.25, 0.3) is 0 Å². The summed E-state index contributed by atoms with van der Waals surface area (Å²) in [6, 6.07) is 0. The lowest BCUT2D eigenvalue weighted by atomic mass is 10.1. The lowest BCUT2D eigenvalue weighted by Gasteiger charge is -2.34. The van der Waals surface area contributed by atoms with Crippen LogP contribution in [0.5, 0.6) is 0 Å². The molecule has 13 heavy (non-hydrogen) atoms. The van der Waals surface area contributed by atoms with Gasteiger partial charge in [-0.2, -0.15) is 5.01 Å². The average molecular weight is 198 g/mol. The van der Waals surface area contributed by atoms with Crippen molar-refractivity contribution in [3.8, 4) is 0 Å². The molecule has 0 aromatic carbocycles. The molecule has 1 heterocycles. The summed E-state index contributed by atoms with van der Waals surface area (Å²) in [5, 5.41) is 20.6. The van der Waals surface area contributed by atoms with Crippen molar-refractivity contribution in [2.24, 2.45) is 0 Å². The highest BCUT2D eigenvalue weighted by Gasteiger charge is 2.68. The van der Waals surface area contributed by atoms with E-state index in [2.05, 4.69) is 0 Å². The maximum absolute atomic E-state index is 11.7. The van der Waals surface area contributed by atoms with E-state index in [1.165, 1.54) is 0 Å². The molecule has 74 valence electrons. The van der Waals surface area contributed by atoms with Crippen molar-refractivity contribution in [2.45, 2.75) is 5.66 Å². The van der Waals surface area contributed by atoms with Crippen LogP contribution >= 0.6 is 0 Å². The van der Waals surface area contributed by atoms with Crippen LogP contribution in [0.2, 0.25) is 0 Å². The van der Waals surface area contributed by atoms with Gasteiger partial charge in [0, 0.05) is 0 Å². The first-order valence-electron chi connectivity index (χ1n) is 3.06. The van der Waals surface area contributed by atoms with Crippen LogP contribution in [0.15, 0.2) is 0 Å².